The van der Waals surface area contributed by atoms with E-state index in [0.29, 0.717) is 17.8 Å². The van der Waals surface area contributed by atoms with E-state index < -0.39 is 0 Å². The van der Waals surface area contributed by atoms with Gasteiger partial charge in [-0.15, -0.1) is 0 Å². The van der Waals surface area contributed by atoms with Gasteiger partial charge in [0.25, 0.3) is 0 Å². The van der Waals surface area contributed by atoms with E-state index >= 15 is 0 Å². The number of hydrogen-bond donors (Lipinski definition) is 3. The van der Waals surface area contributed by atoms with Crippen LogP contribution >= 0.6 is 0 Å². The quantitative estimate of drug-likeness (QED) is 0.336. The molecule has 1 aliphatic heterocycles. The van der Waals surface area contributed by atoms with Crippen molar-refractivity contribution in [3.8, 4) is 0 Å². The molecule has 8 heteroatoms. The molecule has 2 heterocycles. The summed E-state index contributed by atoms with van der Waals surface area (Å²) in [4.78, 5) is 15.8. The van der Waals surface area contributed by atoms with E-state index in [9.17, 15) is 0 Å². The van der Waals surface area contributed by atoms with E-state index in [-0.39, 0.29) is 0 Å². The molecular formula is C21H24N8. The third kappa shape index (κ3) is 4.78. The highest BCUT2D eigenvalue weighted by Crippen LogP contribution is 2.21. The van der Waals surface area contributed by atoms with Gasteiger partial charge >= 0.3 is 0 Å². The summed E-state index contributed by atoms with van der Waals surface area (Å²) >= 11 is 0. The normalized spacial score (nSPS) is 14.1. The van der Waals surface area contributed by atoms with Crippen molar-refractivity contribution in [2.24, 2.45) is 5.10 Å². The predicted molar refractivity (Wildman–Crippen MR) is 118 cm³/mol. The Kier molecular flexibility index (Phi) is 5.51. The smallest absolute Gasteiger partial charge is 0.250 e. The summed E-state index contributed by atoms with van der Waals surface area (Å²) in [7, 11) is 0. The standard InChI is InChI=1S/C21H24N8/c1-15(16-9-11-17(22)12-10-16)27-28-20-24-19(23-18-7-3-2-4-8-18)25-21(26-20)29-13-5-6-14-29/h2-4,7-12H,5-6,13-14,22H2,1H3,(H2,23,24,25,26,28). The second kappa shape index (κ2) is 8.55. The summed E-state index contributed by atoms with van der Waals surface area (Å²) in [6.07, 6.45) is 2.29. The Morgan fingerprint density at radius 3 is 2.34 bits per heavy atom. The summed E-state index contributed by atoms with van der Waals surface area (Å²) in [5.74, 6) is 1.53. The van der Waals surface area contributed by atoms with E-state index in [1.165, 1.54) is 0 Å². The van der Waals surface area contributed by atoms with Crippen molar-refractivity contribution < 1.29 is 0 Å². The minimum Gasteiger partial charge on any atom is -0.399 e. The molecule has 0 spiro atoms. The third-order valence-electron chi connectivity index (χ3n) is 4.69. The summed E-state index contributed by atoms with van der Waals surface area (Å²) in [6.45, 7) is 3.81. The van der Waals surface area contributed by atoms with Crippen LogP contribution in [0.25, 0.3) is 0 Å². The van der Waals surface area contributed by atoms with Gasteiger partial charge in [0, 0.05) is 24.5 Å². The second-order valence-electron chi connectivity index (χ2n) is 6.90. The van der Waals surface area contributed by atoms with Gasteiger partial charge in [0.05, 0.1) is 5.71 Å². The van der Waals surface area contributed by atoms with Gasteiger partial charge in [-0.05, 0) is 49.6 Å². The number of nitrogen functional groups attached to an aromatic ring is 1. The molecule has 8 nitrogen and oxygen atoms in total. The number of para-hydroxylation sites is 1. The van der Waals surface area contributed by atoms with Crippen LogP contribution in [-0.2, 0) is 0 Å². The first-order chi connectivity index (χ1) is 14.2. The number of rotatable bonds is 6. The van der Waals surface area contributed by atoms with Gasteiger partial charge in [0.15, 0.2) is 0 Å². The van der Waals surface area contributed by atoms with E-state index in [0.717, 1.165) is 48.6 Å². The van der Waals surface area contributed by atoms with Crippen LogP contribution in [0.1, 0.15) is 25.3 Å². The van der Waals surface area contributed by atoms with E-state index in [1.807, 2.05) is 61.5 Å². The number of hydrazone groups is 1. The molecule has 29 heavy (non-hydrogen) atoms. The molecule has 0 atom stereocenters. The fourth-order valence-electron chi connectivity index (χ4n) is 3.10. The maximum absolute atomic E-state index is 5.75. The molecule has 0 saturated carbocycles. The van der Waals surface area contributed by atoms with Gasteiger partial charge in [-0.1, -0.05) is 30.3 Å². The minimum atomic E-state index is 0.398. The first-order valence-electron chi connectivity index (χ1n) is 9.67. The fraction of sp³-hybridized carbons (Fsp3) is 0.238. The lowest BCUT2D eigenvalue weighted by atomic mass is 10.1. The monoisotopic (exact) mass is 388 g/mol. The van der Waals surface area contributed by atoms with Crippen molar-refractivity contribution in [2.45, 2.75) is 19.8 Å². The second-order valence-corrected chi connectivity index (χ2v) is 6.90. The number of nitrogens with zero attached hydrogens (tertiary/aromatic N) is 5. The summed E-state index contributed by atoms with van der Waals surface area (Å²) in [6, 6.07) is 17.4. The highest BCUT2D eigenvalue weighted by molar-refractivity contribution is 5.99. The average Bonchev–Trinajstić information content (AvgIpc) is 3.28. The summed E-state index contributed by atoms with van der Waals surface area (Å²) in [5, 5.41) is 7.68. The van der Waals surface area contributed by atoms with E-state index in [4.69, 9.17) is 5.73 Å². The van der Waals surface area contributed by atoms with Gasteiger partial charge in [-0.2, -0.15) is 20.1 Å². The van der Waals surface area contributed by atoms with Crippen molar-refractivity contribution >= 4 is 34.9 Å². The number of nitrogens with two attached hydrogens (primary N) is 1. The van der Waals surface area contributed by atoms with E-state index in [1.54, 1.807) is 0 Å². The highest BCUT2D eigenvalue weighted by Gasteiger charge is 2.17. The van der Waals surface area contributed by atoms with Crippen LogP contribution in [0.3, 0.4) is 0 Å². The molecule has 0 radical (unpaired) electrons. The highest BCUT2D eigenvalue weighted by atomic mass is 15.4. The van der Waals surface area contributed by atoms with Crippen LogP contribution in [0.15, 0.2) is 59.7 Å². The lowest BCUT2D eigenvalue weighted by Crippen LogP contribution is -2.22. The van der Waals surface area contributed by atoms with Gasteiger partial charge in [-0.25, -0.2) is 5.43 Å². The van der Waals surface area contributed by atoms with Crippen LogP contribution < -0.4 is 21.4 Å². The molecular weight excluding hydrogens is 364 g/mol. The first-order valence-corrected chi connectivity index (χ1v) is 9.67. The fourth-order valence-corrected chi connectivity index (χ4v) is 3.10. The van der Waals surface area contributed by atoms with Gasteiger partial charge in [-0.3, -0.25) is 0 Å². The maximum Gasteiger partial charge on any atom is 0.250 e. The molecule has 0 aliphatic carbocycles. The Hall–Kier alpha value is -3.68. The van der Waals surface area contributed by atoms with Crippen molar-refractivity contribution in [3.05, 3.63) is 60.2 Å². The summed E-state index contributed by atoms with van der Waals surface area (Å²) in [5.41, 5.74) is 12.2. The number of nitrogens with one attached hydrogen (secondary N) is 2. The van der Waals surface area contributed by atoms with Crippen LogP contribution in [-0.4, -0.2) is 33.8 Å². The Balaban J connectivity index is 1.59. The molecule has 1 aromatic heterocycles. The van der Waals surface area contributed by atoms with Crippen molar-refractivity contribution in [1.29, 1.82) is 0 Å². The molecule has 0 bridgehead atoms. The molecule has 4 N–H and O–H groups in total. The molecule has 3 aromatic rings. The zero-order valence-electron chi connectivity index (χ0n) is 16.3. The number of benzene rings is 2. The molecule has 4 rings (SSSR count). The Morgan fingerprint density at radius 1 is 0.931 bits per heavy atom. The van der Waals surface area contributed by atoms with Crippen molar-refractivity contribution in [3.63, 3.8) is 0 Å². The first kappa shape index (κ1) is 18.7. The molecule has 0 unspecified atom stereocenters. The lowest BCUT2D eigenvalue weighted by Gasteiger charge is -2.16. The van der Waals surface area contributed by atoms with Crippen LogP contribution in [0.5, 0.6) is 0 Å². The average molecular weight is 388 g/mol. The lowest BCUT2D eigenvalue weighted by molar-refractivity contribution is 0.882. The Bertz CT molecular complexity index is 979. The van der Waals surface area contributed by atoms with Gasteiger partial charge < -0.3 is 16.0 Å². The number of aromatic nitrogens is 3. The Labute approximate surface area is 169 Å². The zero-order valence-corrected chi connectivity index (χ0v) is 16.3. The molecule has 1 aliphatic rings. The molecule has 0 amide bonds. The van der Waals surface area contributed by atoms with Gasteiger partial charge in [0.2, 0.25) is 17.8 Å². The van der Waals surface area contributed by atoms with E-state index in [2.05, 4.69) is 35.7 Å². The Morgan fingerprint density at radius 2 is 1.62 bits per heavy atom. The van der Waals surface area contributed by atoms with Crippen molar-refractivity contribution in [1.82, 2.24) is 15.0 Å². The molecule has 1 fully saturated rings. The van der Waals surface area contributed by atoms with Gasteiger partial charge in [0.1, 0.15) is 0 Å². The summed E-state index contributed by atoms with van der Waals surface area (Å²) < 4.78 is 0. The largest absolute Gasteiger partial charge is 0.399 e. The molecule has 148 valence electrons. The van der Waals surface area contributed by atoms with Crippen LogP contribution in [0, 0.1) is 0 Å². The topological polar surface area (TPSA) is 104 Å². The van der Waals surface area contributed by atoms with Crippen molar-refractivity contribution in [2.75, 3.05) is 34.5 Å². The molecule has 2 aromatic carbocycles. The van der Waals surface area contributed by atoms with Crippen LogP contribution in [0.4, 0.5) is 29.2 Å². The SMILES string of the molecule is CC(=NNc1nc(Nc2ccccc2)nc(N2CCCC2)n1)c1ccc(N)cc1. The van der Waals surface area contributed by atoms with Crippen LogP contribution in [0.2, 0.25) is 0 Å². The number of anilines is 5. The zero-order chi connectivity index (χ0) is 20.1. The number of hydrogen-bond acceptors (Lipinski definition) is 8. The molecule has 1 saturated heterocycles. The maximum atomic E-state index is 5.75. The third-order valence-corrected chi connectivity index (χ3v) is 4.69. The minimum absolute atomic E-state index is 0.398. The predicted octanol–water partition coefficient (Wildman–Crippen LogP) is 3.63.